The Hall–Kier alpha value is -3.98. The van der Waals surface area contributed by atoms with Crippen LogP contribution in [0.15, 0.2) is 78.0 Å². The molecule has 2 amide bonds. The van der Waals surface area contributed by atoms with Crippen LogP contribution in [-0.4, -0.2) is 34.5 Å². The molecular formula is C24H20N4O4S. The number of H-pyrrole nitrogens is 1. The lowest BCUT2D eigenvalue weighted by molar-refractivity contribution is -0.131. The Bertz CT molecular complexity index is 1270. The zero-order chi connectivity index (χ0) is 22.6. The third-order valence-corrected chi connectivity index (χ3v) is 6.00. The maximum absolute atomic E-state index is 12.4. The number of imidazole rings is 1. The second-order valence-corrected chi connectivity index (χ2v) is 8.32. The topological polar surface area (TPSA) is 105 Å². The summed E-state index contributed by atoms with van der Waals surface area (Å²) < 4.78 is 11.2. The molecule has 9 heteroatoms. The molecule has 0 saturated heterocycles. The molecule has 0 aliphatic carbocycles. The summed E-state index contributed by atoms with van der Waals surface area (Å²) >= 11 is 1.59. The van der Waals surface area contributed by atoms with Gasteiger partial charge in [0.25, 0.3) is 11.8 Å². The van der Waals surface area contributed by atoms with Crippen LogP contribution in [0.4, 0.5) is 0 Å². The Morgan fingerprint density at radius 2 is 1.73 bits per heavy atom. The first-order valence-corrected chi connectivity index (χ1v) is 11.3. The highest BCUT2D eigenvalue weighted by molar-refractivity contribution is 7.98. The summed E-state index contributed by atoms with van der Waals surface area (Å²) in [6, 6.07) is 22.2. The second kappa shape index (κ2) is 9.25. The third-order valence-electron chi connectivity index (χ3n) is 5.06. The fourth-order valence-electron chi connectivity index (χ4n) is 3.32. The molecule has 4 aromatic rings. The van der Waals surface area contributed by atoms with Gasteiger partial charge in [0.1, 0.15) is 6.61 Å². The lowest BCUT2D eigenvalue weighted by atomic mass is 10.1. The number of aromatic nitrogens is 2. The van der Waals surface area contributed by atoms with Crippen molar-refractivity contribution in [2.75, 3.05) is 6.61 Å². The average Bonchev–Trinajstić information content (AvgIpc) is 3.29. The first-order chi connectivity index (χ1) is 16.2. The number of rotatable bonds is 5. The SMILES string of the molecule is O=C(NNC(=O)[C@H]1COc2ccccc2O1)c1ccc(CSc2nc3ccccc3[nH]2)cc1. The summed E-state index contributed by atoms with van der Waals surface area (Å²) in [4.78, 5) is 32.6. The van der Waals surface area contributed by atoms with Crippen molar-refractivity contribution in [1.29, 1.82) is 0 Å². The molecule has 3 aromatic carbocycles. The summed E-state index contributed by atoms with van der Waals surface area (Å²) in [5, 5.41) is 0.845. The largest absolute Gasteiger partial charge is 0.485 e. The van der Waals surface area contributed by atoms with E-state index in [9.17, 15) is 9.59 Å². The van der Waals surface area contributed by atoms with E-state index in [2.05, 4.69) is 20.8 Å². The van der Waals surface area contributed by atoms with Crippen LogP contribution < -0.4 is 20.3 Å². The molecule has 0 unspecified atom stereocenters. The Morgan fingerprint density at radius 3 is 2.55 bits per heavy atom. The van der Waals surface area contributed by atoms with Gasteiger partial charge in [-0.1, -0.05) is 48.2 Å². The molecule has 8 nitrogen and oxygen atoms in total. The van der Waals surface area contributed by atoms with E-state index in [1.165, 1.54) is 0 Å². The van der Waals surface area contributed by atoms with Crippen LogP contribution in [0.5, 0.6) is 11.5 Å². The molecule has 1 aliphatic heterocycles. The lowest BCUT2D eigenvalue weighted by Crippen LogP contribution is -2.50. The number of para-hydroxylation sites is 4. The van der Waals surface area contributed by atoms with E-state index in [0.29, 0.717) is 22.8 Å². The van der Waals surface area contributed by atoms with Crippen molar-refractivity contribution in [3.63, 3.8) is 0 Å². The van der Waals surface area contributed by atoms with Crippen molar-refractivity contribution in [3.05, 3.63) is 83.9 Å². The van der Waals surface area contributed by atoms with Crippen molar-refractivity contribution >= 4 is 34.6 Å². The van der Waals surface area contributed by atoms with Crippen LogP contribution in [0.25, 0.3) is 11.0 Å². The standard InChI is InChI=1S/C24H20N4O4S/c29-22(27-28-23(30)21-13-31-19-7-3-4-8-20(19)32-21)16-11-9-15(10-12-16)14-33-24-25-17-5-1-2-6-18(17)26-24/h1-12,21H,13-14H2,(H,25,26)(H,27,29)(H,28,30)/t21-/m1/s1. The van der Waals surface area contributed by atoms with Crippen molar-refractivity contribution in [2.24, 2.45) is 0 Å². The van der Waals surface area contributed by atoms with Gasteiger partial charge in [-0.2, -0.15) is 0 Å². The van der Waals surface area contributed by atoms with Gasteiger partial charge in [-0.25, -0.2) is 4.98 Å². The summed E-state index contributed by atoms with van der Waals surface area (Å²) in [5.74, 6) is 0.878. The van der Waals surface area contributed by atoms with Crippen molar-refractivity contribution < 1.29 is 19.1 Å². The maximum Gasteiger partial charge on any atom is 0.283 e. The fraction of sp³-hybridized carbons (Fsp3) is 0.125. The summed E-state index contributed by atoms with van der Waals surface area (Å²) in [6.07, 6.45) is -0.849. The van der Waals surface area contributed by atoms with Crippen LogP contribution in [0.3, 0.4) is 0 Å². The van der Waals surface area contributed by atoms with Crippen molar-refractivity contribution in [3.8, 4) is 11.5 Å². The highest BCUT2D eigenvalue weighted by Gasteiger charge is 2.27. The molecule has 33 heavy (non-hydrogen) atoms. The molecule has 2 heterocycles. The molecule has 1 aromatic heterocycles. The number of hydrogen-bond acceptors (Lipinski definition) is 6. The number of carbonyl (C=O) groups is 2. The highest BCUT2D eigenvalue weighted by Crippen LogP contribution is 2.30. The number of hydrogen-bond donors (Lipinski definition) is 3. The molecule has 0 bridgehead atoms. The number of hydrazine groups is 1. The van der Waals surface area contributed by atoms with E-state index in [1.54, 1.807) is 42.1 Å². The molecule has 1 atom stereocenters. The minimum atomic E-state index is -0.849. The van der Waals surface area contributed by atoms with Crippen LogP contribution >= 0.6 is 11.8 Å². The first-order valence-electron chi connectivity index (χ1n) is 10.3. The predicted octanol–water partition coefficient (Wildman–Crippen LogP) is 3.46. The number of ether oxygens (including phenoxy) is 2. The smallest absolute Gasteiger partial charge is 0.283 e. The Morgan fingerprint density at radius 1 is 0.970 bits per heavy atom. The Kier molecular flexibility index (Phi) is 5.86. The number of carbonyl (C=O) groups excluding carboxylic acids is 2. The van der Waals surface area contributed by atoms with Gasteiger partial charge in [0.15, 0.2) is 16.7 Å². The number of thioether (sulfide) groups is 1. The van der Waals surface area contributed by atoms with E-state index in [1.807, 2.05) is 42.5 Å². The summed E-state index contributed by atoms with van der Waals surface area (Å²) in [6.45, 7) is 0.0658. The molecule has 0 radical (unpaired) electrons. The third kappa shape index (κ3) is 4.78. The van der Waals surface area contributed by atoms with Gasteiger partial charge in [-0.3, -0.25) is 20.4 Å². The lowest BCUT2D eigenvalue weighted by Gasteiger charge is -2.25. The zero-order valence-electron chi connectivity index (χ0n) is 17.4. The monoisotopic (exact) mass is 460 g/mol. The molecule has 0 saturated carbocycles. The van der Waals surface area contributed by atoms with Gasteiger partial charge in [0.2, 0.25) is 6.10 Å². The Balaban J connectivity index is 1.12. The van der Waals surface area contributed by atoms with Crippen molar-refractivity contribution in [1.82, 2.24) is 20.8 Å². The number of fused-ring (bicyclic) bond motifs is 2. The molecule has 0 spiro atoms. The van der Waals surface area contributed by atoms with Crippen LogP contribution in [0.2, 0.25) is 0 Å². The molecular weight excluding hydrogens is 440 g/mol. The number of nitrogens with one attached hydrogen (secondary N) is 3. The minimum Gasteiger partial charge on any atom is -0.485 e. The summed E-state index contributed by atoms with van der Waals surface area (Å²) in [5.41, 5.74) is 8.23. The van der Waals surface area contributed by atoms with Gasteiger partial charge >= 0.3 is 0 Å². The van der Waals surface area contributed by atoms with Gasteiger partial charge in [-0.15, -0.1) is 0 Å². The van der Waals surface area contributed by atoms with E-state index >= 15 is 0 Å². The van der Waals surface area contributed by atoms with Gasteiger partial charge in [-0.05, 0) is 42.0 Å². The highest BCUT2D eigenvalue weighted by atomic mass is 32.2. The number of benzene rings is 3. The maximum atomic E-state index is 12.4. The zero-order valence-corrected chi connectivity index (χ0v) is 18.2. The van der Waals surface area contributed by atoms with Crippen LogP contribution in [0, 0.1) is 0 Å². The molecule has 5 rings (SSSR count). The molecule has 3 N–H and O–H groups in total. The quantitative estimate of drug-likeness (QED) is 0.311. The van der Waals surface area contributed by atoms with E-state index < -0.39 is 17.9 Å². The van der Waals surface area contributed by atoms with Crippen LogP contribution in [0.1, 0.15) is 15.9 Å². The normalized spacial score (nSPS) is 14.6. The van der Waals surface area contributed by atoms with E-state index in [0.717, 1.165) is 21.8 Å². The fourth-order valence-corrected chi connectivity index (χ4v) is 4.16. The molecule has 1 aliphatic rings. The number of nitrogens with zero attached hydrogens (tertiary/aromatic N) is 1. The predicted molar refractivity (Wildman–Crippen MR) is 124 cm³/mol. The van der Waals surface area contributed by atoms with Gasteiger partial charge in [0, 0.05) is 11.3 Å². The molecule has 0 fully saturated rings. The second-order valence-electron chi connectivity index (χ2n) is 7.35. The number of amides is 2. The minimum absolute atomic E-state index is 0.0658. The van der Waals surface area contributed by atoms with Gasteiger partial charge < -0.3 is 14.5 Å². The summed E-state index contributed by atoms with van der Waals surface area (Å²) in [7, 11) is 0. The Labute approximate surface area is 193 Å². The van der Waals surface area contributed by atoms with Gasteiger partial charge in [0.05, 0.1) is 11.0 Å². The van der Waals surface area contributed by atoms with Crippen molar-refractivity contribution in [2.45, 2.75) is 17.0 Å². The molecule has 166 valence electrons. The average molecular weight is 461 g/mol. The van der Waals surface area contributed by atoms with E-state index in [-0.39, 0.29) is 6.61 Å². The first kappa shape index (κ1) is 20.9. The van der Waals surface area contributed by atoms with E-state index in [4.69, 9.17) is 9.47 Å². The van der Waals surface area contributed by atoms with Crippen LogP contribution in [-0.2, 0) is 10.5 Å². The number of aromatic amines is 1.